The first-order valence-electron chi connectivity index (χ1n) is 12.8. The van der Waals surface area contributed by atoms with Crippen LogP contribution in [0.3, 0.4) is 0 Å². The Morgan fingerprint density at radius 3 is 2.41 bits per heavy atom. The summed E-state index contributed by atoms with van der Waals surface area (Å²) in [5.41, 5.74) is -2.24. The summed E-state index contributed by atoms with van der Waals surface area (Å²) in [6.07, 6.45) is 5.60. The van der Waals surface area contributed by atoms with Crippen LogP contribution in [0.1, 0.15) is 78.6 Å². The van der Waals surface area contributed by atoms with Gasteiger partial charge in [-0.25, -0.2) is 0 Å². The highest BCUT2D eigenvalue weighted by Gasteiger charge is 2.79. The Balaban J connectivity index is 1.46. The van der Waals surface area contributed by atoms with Crippen molar-refractivity contribution in [2.24, 2.45) is 28.6 Å². The van der Waals surface area contributed by atoms with Gasteiger partial charge in [0.2, 0.25) is 0 Å². The SMILES string of the molecule is COC1OC23CCC4(O)CC(OC(C)=O)CCC14C2CCC1(C)C(C(=O)COC(C)=O)CCC13. The minimum absolute atomic E-state index is 0.000237. The van der Waals surface area contributed by atoms with Gasteiger partial charge in [0, 0.05) is 39.2 Å². The Morgan fingerprint density at radius 2 is 1.74 bits per heavy atom. The molecular formula is C26H38O8. The number of ketones is 1. The van der Waals surface area contributed by atoms with Gasteiger partial charge in [-0.15, -0.1) is 0 Å². The van der Waals surface area contributed by atoms with Crippen molar-refractivity contribution in [3.63, 3.8) is 0 Å². The lowest BCUT2D eigenvalue weighted by Crippen LogP contribution is -2.67. The molecule has 4 aliphatic carbocycles. The molecule has 0 aromatic rings. The predicted octanol–water partition coefficient (Wildman–Crippen LogP) is 2.93. The molecule has 1 heterocycles. The second kappa shape index (κ2) is 8.00. The lowest BCUT2D eigenvalue weighted by atomic mass is 9.42. The predicted molar refractivity (Wildman–Crippen MR) is 119 cm³/mol. The summed E-state index contributed by atoms with van der Waals surface area (Å²) in [7, 11) is 1.65. The minimum atomic E-state index is -1.02. The van der Waals surface area contributed by atoms with Crippen molar-refractivity contribution in [3.05, 3.63) is 0 Å². The molecule has 5 fully saturated rings. The van der Waals surface area contributed by atoms with Gasteiger partial charge in [-0.3, -0.25) is 14.4 Å². The van der Waals surface area contributed by atoms with E-state index in [1.54, 1.807) is 7.11 Å². The van der Waals surface area contributed by atoms with Crippen molar-refractivity contribution in [3.8, 4) is 0 Å². The number of fused-ring (bicyclic) bond motifs is 1. The molecule has 0 aromatic carbocycles. The molecule has 0 amide bonds. The molecule has 4 saturated carbocycles. The fourth-order valence-electron chi connectivity index (χ4n) is 9.33. The summed E-state index contributed by atoms with van der Waals surface area (Å²) >= 11 is 0. The zero-order valence-electron chi connectivity index (χ0n) is 20.8. The number of esters is 2. The van der Waals surface area contributed by atoms with Crippen LogP contribution in [0.25, 0.3) is 0 Å². The van der Waals surface area contributed by atoms with Crippen LogP contribution >= 0.6 is 0 Å². The minimum Gasteiger partial charge on any atom is -0.462 e. The molecular weight excluding hydrogens is 440 g/mol. The maximum Gasteiger partial charge on any atom is 0.303 e. The van der Waals surface area contributed by atoms with Crippen LogP contribution in [-0.2, 0) is 33.3 Å². The third-order valence-electron chi connectivity index (χ3n) is 10.5. The van der Waals surface area contributed by atoms with Crippen molar-refractivity contribution < 1.29 is 38.4 Å². The van der Waals surface area contributed by atoms with Crippen LogP contribution in [0.5, 0.6) is 0 Å². The highest BCUT2D eigenvalue weighted by Crippen LogP contribution is 2.75. The van der Waals surface area contributed by atoms with E-state index < -0.39 is 28.9 Å². The molecule has 1 N–H and O–H groups in total. The number of Topliss-reactive ketones (excluding diaryl/α,β-unsaturated/α-hetero) is 1. The molecule has 1 aliphatic heterocycles. The smallest absolute Gasteiger partial charge is 0.303 e. The number of ether oxygens (including phenoxy) is 4. The number of carbonyl (C=O) groups excluding carboxylic acids is 3. The van der Waals surface area contributed by atoms with Crippen LogP contribution in [-0.4, -0.2) is 60.1 Å². The maximum absolute atomic E-state index is 13.1. The molecule has 2 bridgehead atoms. The van der Waals surface area contributed by atoms with E-state index in [9.17, 15) is 19.5 Å². The average molecular weight is 479 g/mol. The zero-order chi connectivity index (χ0) is 24.5. The van der Waals surface area contributed by atoms with E-state index in [1.165, 1.54) is 13.8 Å². The molecule has 9 unspecified atom stereocenters. The van der Waals surface area contributed by atoms with Crippen LogP contribution < -0.4 is 0 Å². The van der Waals surface area contributed by atoms with E-state index in [1.807, 2.05) is 0 Å². The van der Waals surface area contributed by atoms with Gasteiger partial charge >= 0.3 is 11.9 Å². The molecule has 0 radical (unpaired) electrons. The first-order valence-corrected chi connectivity index (χ1v) is 12.8. The van der Waals surface area contributed by atoms with Gasteiger partial charge in [0.25, 0.3) is 0 Å². The first kappa shape index (κ1) is 24.2. The van der Waals surface area contributed by atoms with Gasteiger partial charge in [0.05, 0.1) is 16.6 Å². The lowest BCUT2D eigenvalue weighted by molar-refractivity contribution is -0.241. The Kier molecular flexibility index (Phi) is 5.69. The van der Waals surface area contributed by atoms with Crippen LogP contribution in [0, 0.1) is 28.6 Å². The molecule has 34 heavy (non-hydrogen) atoms. The third kappa shape index (κ3) is 3.10. The molecule has 190 valence electrons. The van der Waals surface area contributed by atoms with E-state index in [0.717, 1.165) is 25.7 Å². The summed E-state index contributed by atoms with van der Waals surface area (Å²) in [5, 5.41) is 12.1. The molecule has 9 atom stereocenters. The quantitative estimate of drug-likeness (QED) is 0.601. The molecule has 0 aromatic heterocycles. The van der Waals surface area contributed by atoms with Gasteiger partial charge in [-0.2, -0.15) is 0 Å². The van der Waals surface area contributed by atoms with Gasteiger partial charge in [0.1, 0.15) is 12.7 Å². The van der Waals surface area contributed by atoms with E-state index in [-0.39, 0.29) is 47.6 Å². The molecule has 5 aliphatic rings. The van der Waals surface area contributed by atoms with E-state index in [2.05, 4.69) is 6.92 Å². The average Bonchev–Trinajstić information content (AvgIpc) is 3.23. The number of rotatable bonds is 5. The number of carbonyl (C=O) groups is 3. The second-order valence-electron chi connectivity index (χ2n) is 11.7. The summed E-state index contributed by atoms with van der Waals surface area (Å²) in [6.45, 7) is 4.78. The highest BCUT2D eigenvalue weighted by atomic mass is 16.7. The number of methoxy groups -OCH3 is 1. The Labute approximate surface area is 201 Å². The van der Waals surface area contributed by atoms with Crippen LogP contribution in [0.2, 0.25) is 0 Å². The second-order valence-corrected chi connectivity index (χ2v) is 11.7. The number of hydrogen-bond acceptors (Lipinski definition) is 8. The summed E-state index contributed by atoms with van der Waals surface area (Å²) in [6, 6.07) is 0. The fourth-order valence-corrected chi connectivity index (χ4v) is 9.33. The van der Waals surface area contributed by atoms with Crippen molar-refractivity contribution in [2.45, 2.75) is 102 Å². The molecule has 5 rings (SSSR count). The Hall–Kier alpha value is -1.51. The van der Waals surface area contributed by atoms with E-state index >= 15 is 0 Å². The monoisotopic (exact) mass is 478 g/mol. The lowest BCUT2D eigenvalue weighted by Gasteiger charge is -2.63. The van der Waals surface area contributed by atoms with Gasteiger partial charge in [-0.05, 0) is 62.7 Å². The normalized spacial score (nSPS) is 48.9. The van der Waals surface area contributed by atoms with Crippen LogP contribution in [0.15, 0.2) is 0 Å². The Morgan fingerprint density at radius 1 is 0.971 bits per heavy atom. The van der Waals surface area contributed by atoms with Crippen molar-refractivity contribution in [1.29, 1.82) is 0 Å². The number of aliphatic hydroxyl groups is 1. The highest BCUT2D eigenvalue weighted by molar-refractivity contribution is 5.85. The summed E-state index contributed by atoms with van der Waals surface area (Å²) in [4.78, 5) is 35.9. The summed E-state index contributed by atoms with van der Waals surface area (Å²) < 4.78 is 23.4. The fraction of sp³-hybridized carbons (Fsp3) is 0.885. The van der Waals surface area contributed by atoms with Gasteiger partial charge in [-0.1, -0.05) is 6.92 Å². The van der Waals surface area contributed by atoms with Crippen molar-refractivity contribution in [2.75, 3.05) is 13.7 Å². The van der Waals surface area contributed by atoms with Crippen molar-refractivity contribution >= 4 is 17.7 Å². The number of hydrogen-bond donors (Lipinski definition) is 1. The molecule has 8 heteroatoms. The van der Waals surface area contributed by atoms with Gasteiger partial charge in [0.15, 0.2) is 12.1 Å². The Bertz CT molecular complexity index is 888. The van der Waals surface area contributed by atoms with Crippen molar-refractivity contribution in [1.82, 2.24) is 0 Å². The topological polar surface area (TPSA) is 108 Å². The third-order valence-corrected chi connectivity index (χ3v) is 10.5. The first-order chi connectivity index (χ1) is 16.0. The molecule has 8 nitrogen and oxygen atoms in total. The zero-order valence-corrected chi connectivity index (χ0v) is 20.8. The van der Waals surface area contributed by atoms with Crippen LogP contribution in [0.4, 0.5) is 0 Å². The standard InChI is InChI=1S/C26H38O8/c1-15(27)32-14-19(29)18-5-6-20-23(18,3)9-8-21-25-10-7-17(33-16(2)28)13-24(25,30)11-12-26(20,21)34-22(25)31-4/h17-18,20-22,30H,5-14H2,1-4H3. The van der Waals surface area contributed by atoms with E-state index in [4.69, 9.17) is 18.9 Å². The van der Waals surface area contributed by atoms with Gasteiger partial charge < -0.3 is 24.1 Å². The summed E-state index contributed by atoms with van der Waals surface area (Å²) in [5.74, 6) is -0.603. The van der Waals surface area contributed by atoms with E-state index in [0.29, 0.717) is 32.1 Å². The largest absolute Gasteiger partial charge is 0.462 e. The maximum atomic E-state index is 13.1. The molecule has 1 spiro atoms. The molecule has 1 saturated heterocycles.